The Bertz CT molecular complexity index is 1150. The van der Waals surface area contributed by atoms with Gasteiger partial charge in [0.25, 0.3) is 0 Å². The predicted octanol–water partition coefficient (Wildman–Crippen LogP) is 5.28. The fraction of sp³-hybridized carbons (Fsp3) is 0.375. The molecule has 0 atom stereocenters. The Morgan fingerprint density at radius 1 is 1.22 bits per heavy atom. The van der Waals surface area contributed by atoms with E-state index in [1.165, 1.54) is 19.1 Å². The topological polar surface area (TPSA) is 78.3 Å². The van der Waals surface area contributed by atoms with Gasteiger partial charge in [-0.1, -0.05) is 11.6 Å². The van der Waals surface area contributed by atoms with Crippen molar-refractivity contribution < 1.29 is 14.3 Å². The number of aromatic nitrogens is 2. The second-order valence-corrected chi connectivity index (χ2v) is 8.98. The number of benzene rings is 1. The number of phenolic OH excluding ortho intramolecular Hbond substituents is 1. The molecule has 1 saturated carbocycles. The molecule has 168 valence electrons. The zero-order chi connectivity index (χ0) is 23.0. The van der Waals surface area contributed by atoms with Crippen molar-refractivity contribution in [2.45, 2.75) is 44.7 Å². The molecule has 0 amide bonds. The van der Waals surface area contributed by atoms with Gasteiger partial charge >= 0.3 is 0 Å². The molecule has 1 aromatic carbocycles. The summed E-state index contributed by atoms with van der Waals surface area (Å²) in [6.45, 7) is 1.51. The summed E-state index contributed by atoms with van der Waals surface area (Å²) in [4.78, 5) is 23.7. The summed E-state index contributed by atoms with van der Waals surface area (Å²) in [6.07, 6.45) is 5.71. The number of carbonyl (C=O) groups excluding carboxylic acids is 1. The van der Waals surface area contributed by atoms with Crippen molar-refractivity contribution in [3.63, 3.8) is 0 Å². The van der Waals surface area contributed by atoms with E-state index in [0.717, 1.165) is 25.7 Å². The number of hydrogen-bond acceptors (Lipinski definition) is 6. The van der Waals surface area contributed by atoms with Gasteiger partial charge in [0.15, 0.2) is 17.3 Å². The average Bonchev–Trinajstić information content (AvgIpc) is 2.77. The molecule has 0 aliphatic heterocycles. The van der Waals surface area contributed by atoms with E-state index >= 15 is 0 Å². The van der Waals surface area contributed by atoms with Gasteiger partial charge in [-0.2, -0.15) is 0 Å². The molecule has 0 bridgehead atoms. The third kappa shape index (κ3) is 4.40. The van der Waals surface area contributed by atoms with E-state index < -0.39 is 11.6 Å². The van der Waals surface area contributed by atoms with Crippen LogP contribution in [0.3, 0.4) is 0 Å². The van der Waals surface area contributed by atoms with Crippen molar-refractivity contribution in [2.75, 3.05) is 19.4 Å². The number of aromatic hydroxyl groups is 1. The number of nitrogens with one attached hydrogen (secondary N) is 1. The molecule has 6 nitrogen and oxygen atoms in total. The first kappa shape index (κ1) is 22.4. The molecule has 2 N–H and O–H groups in total. The van der Waals surface area contributed by atoms with E-state index in [1.807, 2.05) is 0 Å². The van der Waals surface area contributed by atoms with Crippen LogP contribution >= 0.6 is 11.6 Å². The molecule has 32 heavy (non-hydrogen) atoms. The van der Waals surface area contributed by atoms with Gasteiger partial charge in [0.1, 0.15) is 5.52 Å². The lowest BCUT2D eigenvalue weighted by molar-refractivity contribution is 0.101. The van der Waals surface area contributed by atoms with Crippen LogP contribution in [0.2, 0.25) is 5.02 Å². The number of fused-ring (bicyclic) bond motifs is 1. The zero-order valence-corrected chi connectivity index (χ0v) is 19.1. The average molecular weight is 457 g/mol. The molecule has 0 saturated heterocycles. The second-order valence-electron chi connectivity index (χ2n) is 8.57. The third-order valence-electron chi connectivity index (χ3n) is 6.18. The Labute approximate surface area is 191 Å². The highest BCUT2D eigenvalue weighted by Gasteiger charge is 2.25. The number of nitrogens with zero attached hydrogens (tertiary/aromatic N) is 3. The van der Waals surface area contributed by atoms with E-state index in [-0.39, 0.29) is 16.8 Å². The number of pyridine rings is 2. The maximum Gasteiger partial charge on any atom is 0.170 e. The van der Waals surface area contributed by atoms with Gasteiger partial charge in [0.2, 0.25) is 0 Å². The SMILES string of the molecule is CC(=O)c1cnc2ccc(-c3cc(F)c(O)c(Cl)c3)nc2c1N[C@H]1CC[C@H](N(C)C)CC1. The van der Waals surface area contributed by atoms with Crippen LogP contribution in [0.1, 0.15) is 43.0 Å². The predicted molar refractivity (Wildman–Crippen MR) is 125 cm³/mol. The maximum atomic E-state index is 14.1. The zero-order valence-electron chi connectivity index (χ0n) is 18.3. The van der Waals surface area contributed by atoms with E-state index in [4.69, 9.17) is 16.6 Å². The fourth-order valence-electron chi connectivity index (χ4n) is 4.29. The lowest BCUT2D eigenvalue weighted by Gasteiger charge is -2.33. The van der Waals surface area contributed by atoms with Crippen molar-refractivity contribution >= 4 is 34.1 Å². The highest BCUT2D eigenvalue weighted by Crippen LogP contribution is 2.34. The first-order valence-electron chi connectivity index (χ1n) is 10.7. The molecular formula is C24H26ClFN4O2. The van der Waals surface area contributed by atoms with Crippen LogP contribution in [0.5, 0.6) is 5.75 Å². The van der Waals surface area contributed by atoms with Crippen molar-refractivity contribution in [1.82, 2.24) is 14.9 Å². The van der Waals surface area contributed by atoms with Gasteiger partial charge < -0.3 is 15.3 Å². The summed E-state index contributed by atoms with van der Waals surface area (Å²) in [5.74, 6) is -1.51. The van der Waals surface area contributed by atoms with Gasteiger partial charge in [-0.05, 0) is 71.0 Å². The Morgan fingerprint density at radius 3 is 2.56 bits per heavy atom. The largest absolute Gasteiger partial charge is 0.504 e. The molecule has 1 fully saturated rings. The smallest absolute Gasteiger partial charge is 0.170 e. The Hall–Kier alpha value is -2.77. The number of halogens is 2. The van der Waals surface area contributed by atoms with Gasteiger partial charge in [-0.25, -0.2) is 9.37 Å². The molecule has 1 aliphatic rings. The summed E-state index contributed by atoms with van der Waals surface area (Å²) in [5, 5.41) is 13.1. The summed E-state index contributed by atoms with van der Waals surface area (Å²) in [5.41, 5.74) is 3.22. The van der Waals surface area contributed by atoms with Gasteiger partial charge in [-0.3, -0.25) is 9.78 Å². The lowest BCUT2D eigenvalue weighted by Crippen LogP contribution is -2.36. The number of rotatable bonds is 5. The van der Waals surface area contributed by atoms with E-state index in [1.54, 1.807) is 18.3 Å². The fourth-order valence-corrected chi connectivity index (χ4v) is 4.50. The molecule has 0 radical (unpaired) electrons. The number of hydrogen-bond donors (Lipinski definition) is 2. The maximum absolute atomic E-state index is 14.1. The van der Waals surface area contributed by atoms with Gasteiger partial charge in [0.05, 0.1) is 27.5 Å². The van der Waals surface area contributed by atoms with Crippen LogP contribution in [-0.4, -0.2) is 51.9 Å². The number of carbonyl (C=O) groups is 1. The Kier molecular flexibility index (Phi) is 6.31. The Balaban J connectivity index is 1.75. The molecular weight excluding hydrogens is 431 g/mol. The first-order chi connectivity index (χ1) is 15.2. The normalized spacial score (nSPS) is 18.8. The molecule has 3 aromatic rings. The van der Waals surface area contributed by atoms with Crippen LogP contribution in [-0.2, 0) is 0 Å². The summed E-state index contributed by atoms with van der Waals surface area (Å²) in [6, 6.07) is 6.94. The Morgan fingerprint density at radius 2 is 1.94 bits per heavy atom. The first-order valence-corrected chi connectivity index (χ1v) is 11.0. The quantitative estimate of drug-likeness (QED) is 0.508. The monoisotopic (exact) mass is 456 g/mol. The minimum Gasteiger partial charge on any atom is -0.504 e. The van der Waals surface area contributed by atoms with Crippen molar-refractivity contribution in [2.24, 2.45) is 0 Å². The van der Waals surface area contributed by atoms with E-state index in [0.29, 0.717) is 39.6 Å². The van der Waals surface area contributed by atoms with Crippen LogP contribution in [0, 0.1) is 5.82 Å². The molecule has 2 heterocycles. The van der Waals surface area contributed by atoms with Gasteiger partial charge in [0, 0.05) is 23.8 Å². The third-order valence-corrected chi connectivity index (χ3v) is 6.47. The van der Waals surface area contributed by atoms with Crippen LogP contribution in [0.4, 0.5) is 10.1 Å². The summed E-state index contributed by atoms with van der Waals surface area (Å²) in [7, 11) is 4.21. The minimum absolute atomic E-state index is 0.0893. The van der Waals surface area contributed by atoms with Crippen molar-refractivity contribution in [3.8, 4) is 17.0 Å². The highest BCUT2D eigenvalue weighted by molar-refractivity contribution is 6.32. The molecule has 0 spiro atoms. The molecule has 0 unspecified atom stereocenters. The van der Waals surface area contributed by atoms with Crippen LogP contribution in [0.25, 0.3) is 22.3 Å². The van der Waals surface area contributed by atoms with Crippen molar-refractivity contribution in [1.29, 1.82) is 0 Å². The molecule has 4 rings (SSSR count). The van der Waals surface area contributed by atoms with Crippen molar-refractivity contribution in [3.05, 3.63) is 46.9 Å². The standard InChI is InChI=1S/C24H26ClFN4O2/c1-13(31)17-12-27-21-9-8-20(14-10-18(25)24(32)19(26)11-14)29-23(21)22(17)28-15-4-6-16(7-5-15)30(2)3/h8-12,15-16,32H,4-7H2,1-3H3,(H,27,28)/t15-,16-. The highest BCUT2D eigenvalue weighted by atomic mass is 35.5. The lowest BCUT2D eigenvalue weighted by atomic mass is 9.90. The molecule has 2 aromatic heterocycles. The number of phenols is 1. The molecule has 1 aliphatic carbocycles. The van der Waals surface area contributed by atoms with Crippen LogP contribution < -0.4 is 5.32 Å². The summed E-state index contributed by atoms with van der Waals surface area (Å²) >= 11 is 5.96. The molecule has 8 heteroatoms. The number of ketones is 1. The second kappa shape index (κ2) is 9.00. The van der Waals surface area contributed by atoms with Crippen LogP contribution in [0.15, 0.2) is 30.5 Å². The summed E-state index contributed by atoms with van der Waals surface area (Å²) < 4.78 is 14.1. The minimum atomic E-state index is -0.819. The number of anilines is 1. The van der Waals surface area contributed by atoms with E-state index in [9.17, 15) is 14.3 Å². The van der Waals surface area contributed by atoms with E-state index in [2.05, 4.69) is 29.3 Å². The van der Waals surface area contributed by atoms with Gasteiger partial charge in [-0.15, -0.1) is 0 Å². The number of Topliss-reactive ketones (excluding diaryl/α,β-unsaturated/α-hetero) is 1.